The van der Waals surface area contributed by atoms with Crippen molar-refractivity contribution in [2.75, 3.05) is 40.9 Å². The molecule has 0 N–H and O–H groups in total. The Kier molecular flexibility index (Phi) is 8.13. The first-order chi connectivity index (χ1) is 15.0. The molecule has 1 atom stereocenters. The number of hydrogen-bond acceptors (Lipinski definition) is 4. The first kappa shape index (κ1) is 22.9. The second kappa shape index (κ2) is 11.0. The molecule has 3 rings (SSSR count). The largest absolute Gasteiger partial charge is 0.497 e. The zero-order valence-corrected chi connectivity index (χ0v) is 19.1. The molecule has 0 radical (unpaired) electrons. The highest BCUT2D eigenvalue weighted by Gasteiger charge is 2.24. The second-order valence-electron chi connectivity index (χ2n) is 8.29. The van der Waals surface area contributed by atoms with Crippen molar-refractivity contribution in [3.8, 4) is 11.5 Å². The fraction of sp³-hybridized carbons (Fsp3) is 0.423. The topological polar surface area (TPSA) is 42.0 Å². The van der Waals surface area contributed by atoms with Crippen molar-refractivity contribution in [3.63, 3.8) is 0 Å². The zero-order chi connectivity index (χ0) is 22.2. The van der Waals surface area contributed by atoms with E-state index in [1.165, 1.54) is 12.8 Å². The molecule has 0 aromatic heterocycles. The summed E-state index contributed by atoms with van der Waals surface area (Å²) in [6.45, 7) is 4.52. The molecule has 2 aromatic rings. The third-order valence-corrected chi connectivity index (χ3v) is 5.94. The van der Waals surface area contributed by atoms with Crippen LogP contribution in [0.5, 0.6) is 11.5 Å². The van der Waals surface area contributed by atoms with E-state index in [1.807, 2.05) is 23.1 Å². The molecular formula is C26H34N2O3. The Morgan fingerprint density at radius 3 is 2.39 bits per heavy atom. The fourth-order valence-electron chi connectivity index (χ4n) is 4.20. The first-order valence-corrected chi connectivity index (χ1v) is 10.9. The third kappa shape index (κ3) is 6.34. The quantitative estimate of drug-likeness (QED) is 0.586. The normalized spacial score (nSPS) is 16.9. The van der Waals surface area contributed by atoms with Crippen molar-refractivity contribution >= 4 is 12.0 Å². The lowest BCUT2D eigenvalue weighted by atomic mass is 10.1. The number of carbonyl (C=O) groups is 1. The molecule has 0 saturated carbocycles. The Bertz CT molecular complexity index is 873. The number of ether oxygens (including phenoxy) is 2. The standard InChI is InChI=1S/C26H34N2O3/c1-20(15-21-9-6-5-7-10-21)19-28(14-12-23-11-8-13-27(23)2)26(29)22-16-24(30-3)18-25(17-22)31-4/h5-7,9-10,15-18,23H,8,11-14,19H2,1-4H3/b20-15+. The van der Waals surface area contributed by atoms with E-state index in [0.29, 0.717) is 36.2 Å². The van der Waals surface area contributed by atoms with Gasteiger partial charge in [0.05, 0.1) is 14.2 Å². The Hall–Kier alpha value is -2.79. The van der Waals surface area contributed by atoms with E-state index in [9.17, 15) is 4.79 Å². The van der Waals surface area contributed by atoms with Crippen LogP contribution in [0, 0.1) is 0 Å². The van der Waals surface area contributed by atoms with E-state index in [-0.39, 0.29) is 5.91 Å². The molecule has 0 spiro atoms. The van der Waals surface area contributed by atoms with Gasteiger partial charge in [-0.25, -0.2) is 0 Å². The number of rotatable bonds is 9. The van der Waals surface area contributed by atoms with Crippen molar-refractivity contribution in [2.24, 2.45) is 0 Å². The number of nitrogens with zero attached hydrogens (tertiary/aromatic N) is 2. The van der Waals surface area contributed by atoms with Gasteiger partial charge in [-0.1, -0.05) is 42.0 Å². The SMILES string of the molecule is COc1cc(OC)cc(C(=O)N(CCC2CCCN2C)C/C(C)=C/c2ccccc2)c1. The van der Waals surface area contributed by atoms with Gasteiger partial charge in [-0.3, -0.25) is 4.79 Å². The summed E-state index contributed by atoms with van der Waals surface area (Å²) < 4.78 is 10.7. The summed E-state index contributed by atoms with van der Waals surface area (Å²) in [5.74, 6) is 1.24. The van der Waals surface area contributed by atoms with Crippen LogP contribution in [0.4, 0.5) is 0 Å². The van der Waals surface area contributed by atoms with Crippen molar-refractivity contribution < 1.29 is 14.3 Å². The van der Waals surface area contributed by atoms with Crippen LogP contribution in [0.15, 0.2) is 54.1 Å². The molecule has 2 aromatic carbocycles. The molecule has 1 saturated heterocycles. The van der Waals surface area contributed by atoms with Crippen LogP contribution in [-0.2, 0) is 0 Å². The molecule has 166 valence electrons. The van der Waals surface area contributed by atoms with Crippen LogP contribution in [0.1, 0.15) is 42.1 Å². The van der Waals surface area contributed by atoms with Crippen molar-refractivity contribution in [2.45, 2.75) is 32.2 Å². The Balaban J connectivity index is 1.82. The van der Waals surface area contributed by atoms with Gasteiger partial charge < -0.3 is 19.3 Å². The number of likely N-dealkylation sites (tertiary alicyclic amines) is 1. The highest BCUT2D eigenvalue weighted by molar-refractivity contribution is 5.95. The van der Waals surface area contributed by atoms with Gasteiger partial charge >= 0.3 is 0 Å². The Labute approximate surface area is 186 Å². The van der Waals surface area contributed by atoms with Crippen LogP contribution < -0.4 is 9.47 Å². The lowest BCUT2D eigenvalue weighted by Gasteiger charge is -2.27. The number of carbonyl (C=O) groups excluding carboxylic acids is 1. The van der Waals surface area contributed by atoms with Gasteiger partial charge in [-0.05, 0) is 57.5 Å². The lowest BCUT2D eigenvalue weighted by Crippen LogP contribution is -2.37. The maximum absolute atomic E-state index is 13.5. The van der Waals surface area contributed by atoms with Gasteiger partial charge in [-0.2, -0.15) is 0 Å². The smallest absolute Gasteiger partial charge is 0.254 e. The van der Waals surface area contributed by atoms with Gasteiger partial charge in [0.25, 0.3) is 5.91 Å². The molecule has 31 heavy (non-hydrogen) atoms. The van der Waals surface area contributed by atoms with Crippen molar-refractivity contribution in [3.05, 3.63) is 65.2 Å². The lowest BCUT2D eigenvalue weighted by molar-refractivity contribution is 0.0757. The van der Waals surface area contributed by atoms with Crippen molar-refractivity contribution in [1.29, 1.82) is 0 Å². The molecule has 1 heterocycles. The van der Waals surface area contributed by atoms with Gasteiger partial charge in [-0.15, -0.1) is 0 Å². The molecule has 1 fully saturated rings. The predicted molar refractivity (Wildman–Crippen MR) is 126 cm³/mol. The Morgan fingerprint density at radius 2 is 1.81 bits per heavy atom. The average Bonchev–Trinajstić information content (AvgIpc) is 3.20. The molecule has 1 unspecified atom stereocenters. The Morgan fingerprint density at radius 1 is 1.13 bits per heavy atom. The van der Waals surface area contributed by atoms with E-state index < -0.39 is 0 Å². The number of benzene rings is 2. The van der Waals surface area contributed by atoms with Gasteiger partial charge in [0.15, 0.2) is 0 Å². The molecule has 1 aliphatic rings. The van der Waals surface area contributed by atoms with Gasteiger partial charge in [0.1, 0.15) is 11.5 Å². The highest BCUT2D eigenvalue weighted by Crippen LogP contribution is 2.25. The molecule has 1 amide bonds. The number of hydrogen-bond donors (Lipinski definition) is 0. The minimum Gasteiger partial charge on any atom is -0.497 e. The molecule has 0 bridgehead atoms. The molecular weight excluding hydrogens is 388 g/mol. The van der Waals surface area contributed by atoms with E-state index >= 15 is 0 Å². The first-order valence-electron chi connectivity index (χ1n) is 10.9. The average molecular weight is 423 g/mol. The summed E-state index contributed by atoms with van der Waals surface area (Å²) in [6.07, 6.45) is 5.55. The third-order valence-electron chi connectivity index (χ3n) is 5.94. The maximum atomic E-state index is 13.5. The summed E-state index contributed by atoms with van der Waals surface area (Å²) >= 11 is 0. The van der Waals surface area contributed by atoms with Crippen LogP contribution in [0.2, 0.25) is 0 Å². The number of methoxy groups -OCH3 is 2. The fourth-order valence-corrected chi connectivity index (χ4v) is 4.20. The van der Waals surface area contributed by atoms with E-state index in [4.69, 9.17) is 9.47 Å². The van der Waals surface area contributed by atoms with Gasteiger partial charge in [0.2, 0.25) is 0 Å². The van der Waals surface area contributed by atoms with Crippen LogP contribution in [-0.4, -0.2) is 62.7 Å². The summed E-state index contributed by atoms with van der Waals surface area (Å²) in [4.78, 5) is 17.9. The summed E-state index contributed by atoms with van der Waals surface area (Å²) in [6, 6.07) is 16.1. The van der Waals surface area contributed by atoms with E-state index in [2.05, 4.69) is 37.1 Å². The summed E-state index contributed by atoms with van der Waals surface area (Å²) in [7, 11) is 5.38. The highest BCUT2D eigenvalue weighted by atomic mass is 16.5. The minimum absolute atomic E-state index is 0.00124. The second-order valence-corrected chi connectivity index (χ2v) is 8.29. The molecule has 0 aliphatic carbocycles. The predicted octanol–water partition coefficient (Wildman–Crippen LogP) is 4.73. The maximum Gasteiger partial charge on any atom is 0.254 e. The van der Waals surface area contributed by atoms with Crippen LogP contribution in [0.25, 0.3) is 6.08 Å². The minimum atomic E-state index is -0.00124. The molecule has 5 nitrogen and oxygen atoms in total. The summed E-state index contributed by atoms with van der Waals surface area (Å²) in [5.41, 5.74) is 2.88. The van der Waals surface area contributed by atoms with Crippen LogP contribution in [0.3, 0.4) is 0 Å². The van der Waals surface area contributed by atoms with Gasteiger partial charge in [0, 0.05) is 30.8 Å². The van der Waals surface area contributed by atoms with Crippen molar-refractivity contribution in [1.82, 2.24) is 9.80 Å². The van der Waals surface area contributed by atoms with E-state index in [1.54, 1.807) is 32.4 Å². The number of amides is 1. The molecule has 5 heteroatoms. The monoisotopic (exact) mass is 422 g/mol. The summed E-state index contributed by atoms with van der Waals surface area (Å²) in [5, 5.41) is 0. The molecule has 1 aliphatic heterocycles. The zero-order valence-electron chi connectivity index (χ0n) is 19.1. The van der Waals surface area contributed by atoms with Crippen LogP contribution >= 0.6 is 0 Å². The van der Waals surface area contributed by atoms with E-state index in [0.717, 1.165) is 24.1 Å².